The molecular formula is C14H20N4O3. The van der Waals surface area contributed by atoms with E-state index in [1.54, 1.807) is 24.3 Å². The molecule has 21 heavy (non-hydrogen) atoms. The average molecular weight is 292 g/mol. The molecule has 0 aliphatic rings. The monoisotopic (exact) mass is 292 g/mol. The average Bonchev–Trinajstić information content (AvgIpc) is 2.44. The fraction of sp³-hybridized carbons (Fsp3) is 0.357. The predicted octanol–water partition coefficient (Wildman–Crippen LogP) is -0.0503. The fourth-order valence-corrected chi connectivity index (χ4v) is 1.83. The first kappa shape index (κ1) is 16.5. The summed E-state index contributed by atoms with van der Waals surface area (Å²) in [6, 6.07) is 5.99. The molecule has 0 radical (unpaired) electrons. The quantitative estimate of drug-likeness (QED) is 0.253. The molecule has 114 valence electrons. The van der Waals surface area contributed by atoms with E-state index in [1.165, 1.54) is 0 Å². The van der Waals surface area contributed by atoms with Crippen molar-refractivity contribution in [2.75, 3.05) is 0 Å². The summed E-state index contributed by atoms with van der Waals surface area (Å²) in [5.74, 6) is -0.918. The van der Waals surface area contributed by atoms with E-state index in [4.69, 9.17) is 16.7 Å². The van der Waals surface area contributed by atoms with Gasteiger partial charge < -0.3 is 22.0 Å². The zero-order chi connectivity index (χ0) is 16.0. The van der Waals surface area contributed by atoms with Gasteiger partial charge in [0.05, 0.1) is 6.42 Å². The lowest BCUT2D eigenvalue weighted by Gasteiger charge is -2.18. The van der Waals surface area contributed by atoms with Crippen molar-refractivity contribution in [1.82, 2.24) is 5.32 Å². The minimum Gasteiger partial charge on any atom is -0.409 e. The SMILES string of the molecule is CC(C)C(NC(=O)Cc1ccc(/C(N)=N/O)cc1)C(N)=O. The highest BCUT2D eigenvalue weighted by molar-refractivity contribution is 5.97. The molecule has 1 atom stereocenters. The van der Waals surface area contributed by atoms with E-state index >= 15 is 0 Å². The number of amides is 2. The van der Waals surface area contributed by atoms with Crippen molar-refractivity contribution in [3.63, 3.8) is 0 Å². The second-order valence-electron chi connectivity index (χ2n) is 5.05. The lowest BCUT2D eigenvalue weighted by atomic mass is 10.0. The van der Waals surface area contributed by atoms with Crippen molar-refractivity contribution in [2.24, 2.45) is 22.5 Å². The highest BCUT2D eigenvalue weighted by Crippen LogP contribution is 2.06. The van der Waals surface area contributed by atoms with Crippen LogP contribution < -0.4 is 16.8 Å². The smallest absolute Gasteiger partial charge is 0.240 e. The number of nitrogens with one attached hydrogen (secondary N) is 1. The van der Waals surface area contributed by atoms with E-state index < -0.39 is 11.9 Å². The van der Waals surface area contributed by atoms with Gasteiger partial charge in [0.15, 0.2) is 5.84 Å². The van der Waals surface area contributed by atoms with E-state index in [-0.39, 0.29) is 24.1 Å². The predicted molar refractivity (Wildman–Crippen MR) is 78.6 cm³/mol. The number of oxime groups is 1. The summed E-state index contributed by atoms with van der Waals surface area (Å²) in [6.45, 7) is 3.61. The van der Waals surface area contributed by atoms with Crippen molar-refractivity contribution in [2.45, 2.75) is 26.3 Å². The number of amidine groups is 1. The molecule has 0 saturated heterocycles. The van der Waals surface area contributed by atoms with Crippen molar-refractivity contribution in [3.8, 4) is 0 Å². The Morgan fingerprint density at radius 2 is 1.81 bits per heavy atom. The number of rotatable bonds is 6. The maximum atomic E-state index is 11.9. The molecule has 0 heterocycles. The Bertz CT molecular complexity index is 538. The molecule has 2 amide bonds. The van der Waals surface area contributed by atoms with E-state index in [0.717, 1.165) is 5.56 Å². The molecule has 0 aliphatic heterocycles. The Morgan fingerprint density at radius 1 is 1.24 bits per heavy atom. The molecule has 1 unspecified atom stereocenters. The number of carbonyl (C=O) groups excluding carboxylic acids is 2. The van der Waals surface area contributed by atoms with Crippen LogP contribution in [0.5, 0.6) is 0 Å². The van der Waals surface area contributed by atoms with Crippen LogP contribution in [0.15, 0.2) is 29.4 Å². The van der Waals surface area contributed by atoms with Gasteiger partial charge in [0.2, 0.25) is 11.8 Å². The molecule has 7 heteroatoms. The standard InChI is InChI=1S/C14H20N4O3/c1-8(2)12(14(16)20)17-11(19)7-9-3-5-10(6-4-9)13(15)18-21/h3-6,8,12,21H,7H2,1-2H3,(H2,15,18)(H2,16,20)(H,17,19). The number of hydrogen-bond donors (Lipinski definition) is 4. The second kappa shape index (κ2) is 7.28. The van der Waals surface area contributed by atoms with Crippen LogP contribution >= 0.6 is 0 Å². The van der Waals surface area contributed by atoms with Crippen molar-refractivity contribution >= 4 is 17.6 Å². The molecule has 0 bridgehead atoms. The van der Waals surface area contributed by atoms with Crippen LogP contribution in [-0.4, -0.2) is 28.9 Å². The Kier molecular flexibility index (Phi) is 5.71. The summed E-state index contributed by atoms with van der Waals surface area (Å²) in [6.07, 6.45) is 0.118. The van der Waals surface area contributed by atoms with E-state index in [2.05, 4.69) is 10.5 Å². The van der Waals surface area contributed by atoms with Gasteiger partial charge in [-0.3, -0.25) is 9.59 Å². The van der Waals surface area contributed by atoms with E-state index in [9.17, 15) is 9.59 Å². The van der Waals surface area contributed by atoms with Gasteiger partial charge in [-0.15, -0.1) is 0 Å². The first-order chi connectivity index (χ1) is 9.85. The van der Waals surface area contributed by atoms with Crippen LogP contribution in [0.4, 0.5) is 0 Å². The maximum Gasteiger partial charge on any atom is 0.240 e. The molecule has 0 spiro atoms. The Morgan fingerprint density at radius 3 is 2.24 bits per heavy atom. The zero-order valence-electron chi connectivity index (χ0n) is 12.0. The molecule has 6 N–H and O–H groups in total. The lowest BCUT2D eigenvalue weighted by Crippen LogP contribution is -2.48. The third-order valence-electron chi connectivity index (χ3n) is 3.01. The van der Waals surface area contributed by atoms with Gasteiger partial charge in [-0.05, 0) is 11.5 Å². The van der Waals surface area contributed by atoms with E-state index in [0.29, 0.717) is 5.56 Å². The van der Waals surface area contributed by atoms with Gasteiger partial charge in [0, 0.05) is 5.56 Å². The number of benzene rings is 1. The van der Waals surface area contributed by atoms with Crippen molar-refractivity contribution < 1.29 is 14.8 Å². The van der Waals surface area contributed by atoms with E-state index in [1.807, 2.05) is 13.8 Å². The maximum absolute atomic E-state index is 11.9. The van der Waals surface area contributed by atoms with Gasteiger partial charge in [0.1, 0.15) is 6.04 Å². The summed E-state index contributed by atoms with van der Waals surface area (Å²) >= 11 is 0. The zero-order valence-corrected chi connectivity index (χ0v) is 12.0. The Balaban J connectivity index is 2.69. The molecular weight excluding hydrogens is 272 g/mol. The highest BCUT2D eigenvalue weighted by Gasteiger charge is 2.21. The Labute approximate surface area is 123 Å². The first-order valence-electron chi connectivity index (χ1n) is 6.50. The summed E-state index contributed by atoms with van der Waals surface area (Å²) < 4.78 is 0. The van der Waals surface area contributed by atoms with Crippen molar-refractivity contribution in [3.05, 3.63) is 35.4 Å². The highest BCUT2D eigenvalue weighted by atomic mass is 16.4. The van der Waals surface area contributed by atoms with Gasteiger partial charge >= 0.3 is 0 Å². The summed E-state index contributed by atoms with van der Waals surface area (Å²) in [5, 5.41) is 14.1. The molecule has 0 saturated carbocycles. The molecule has 0 aliphatic carbocycles. The number of hydrogen-bond acceptors (Lipinski definition) is 4. The molecule has 7 nitrogen and oxygen atoms in total. The molecule has 0 aromatic heterocycles. The van der Waals surface area contributed by atoms with Crippen LogP contribution in [0.3, 0.4) is 0 Å². The summed E-state index contributed by atoms with van der Waals surface area (Å²) in [5.41, 5.74) is 12.0. The molecule has 1 aromatic carbocycles. The fourth-order valence-electron chi connectivity index (χ4n) is 1.83. The van der Waals surface area contributed by atoms with Gasteiger partial charge in [0.25, 0.3) is 0 Å². The topological polar surface area (TPSA) is 131 Å². The summed E-state index contributed by atoms with van der Waals surface area (Å²) in [7, 11) is 0. The Hall–Kier alpha value is -2.57. The lowest BCUT2D eigenvalue weighted by molar-refractivity contribution is -0.127. The minimum absolute atomic E-state index is 0.000369. The number of nitrogens with zero attached hydrogens (tertiary/aromatic N) is 1. The summed E-state index contributed by atoms with van der Waals surface area (Å²) in [4.78, 5) is 23.1. The van der Waals surface area contributed by atoms with Crippen LogP contribution in [0.25, 0.3) is 0 Å². The molecule has 1 aromatic rings. The normalized spacial score (nSPS) is 13.0. The second-order valence-corrected chi connectivity index (χ2v) is 5.05. The van der Waals surface area contributed by atoms with Crippen LogP contribution in [-0.2, 0) is 16.0 Å². The number of carbonyl (C=O) groups is 2. The minimum atomic E-state index is -0.686. The van der Waals surface area contributed by atoms with Crippen LogP contribution in [0.2, 0.25) is 0 Å². The van der Waals surface area contributed by atoms with Crippen LogP contribution in [0.1, 0.15) is 25.0 Å². The largest absolute Gasteiger partial charge is 0.409 e. The van der Waals surface area contributed by atoms with Crippen LogP contribution in [0, 0.1) is 5.92 Å². The number of primary amides is 1. The first-order valence-corrected chi connectivity index (χ1v) is 6.50. The third-order valence-corrected chi connectivity index (χ3v) is 3.01. The number of nitrogens with two attached hydrogens (primary N) is 2. The van der Waals surface area contributed by atoms with Gasteiger partial charge in [-0.25, -0.2) is 0 Å². The molecule has 0 fully saturated rings. The van der Waals surface area contributed by atoms with Gasteiger partial charge in [-0.1, -0.05) is 43.3 Å². The van der Waals surface area contributed by atoms with Gasteiger partial charge in [-0.2, -0.15) is 0 Å². The van der Waals surface area contributed by atoms with Crippen molar-refractivity contribution in [1.29, 1.82) is 0 Å². The molecule has 1 rings (SSSR count). The third kappa shape index (κ3) is 4.79.